The van der Waals surface area contributed by atoms with Gasteiger partial charge in [0, 0.05) is 0 Å². The first kappa shape index (κ1) is 38.1. The van der Waals surface area contributed by atoms with Crippen LogP contribution < -0.4 is 11.3 Å². The van der Waals surface area contributed by atoms with Crippen molar-refractivity contribution < 1.29 is 53.5 Å². The Morgan fingerprint density at radius 3 is 0.981 bits per heavy atom. The second kappa shape index (κ2) is 17.5. The molecule has 0 atom stereocenters. The van der Waals surface area contributed by atoms with Crippen LogP contribution in [0.15, 0.2) is 183 Å². The van der Waals surface area contributed by atoms with E-state index in [1.165, 1.54) is 24.3 Å². The molecule has 0 amide bonds. The van der Waals surface area contributed by atoms with Crippen molar-refractivity contribution in [2.45, 2.75) is 53.4 Å². The van der Waals surface area contributed by atoms with E-state index in [9.17, 15) is 0 Å². The van der Waals surface area contributed by atoms with Gasteiger partial charge in [0.2, 0.25) is 0 Å². The zero-order valence-corrected chi connectivity index (χ0v) is 36.5. The Hall–Kier alpha value is -4.23. The van der Waals surface area contributed by atoms with Gasteiger partial charge in [0.05, 0.1) is 0 Å². The molecule has 4 aromatic carbocycles. The van der Waals surface area contributed by atoms with E-state index >= 15 is 0 Å². The summed E-state index contributed by atoms with van der Waals surface area (Å²) in [5.74, 6) is 3.65. The number of para-hydroxylation sites is 2. The molecule has 272 valence electrons. The summed E-state index contributed by atoms with van der Waals surface area (Å²) in [6.45, 7) is 8.39. The molecule has 8 rings (SSSR count). The van der Waals surface area contributed by atoms with E-state index in [0.717, 1.165) is 59.8 Å². The molecule has 0 aliphatic heterocycles. The maximum atomic E-state index is 6.93. The Bertz CT molecular complexity index is 2060. The van der Waals surface area contributed by atoms with E-state index in [1.54, 1.807) is 0 Å². The third-order valence-electron chi connectivity index (χ3n) is 10.0. The molecule has 0 fully saturated rings. The first-order valence-corrected chi connectivity index (χ1v) is 27.7. The van der Waals surface area contributed by atoms with E-state index < -0.39 is 42.3 Å². The third kappa shape index (κ3) is 8.67. The molecule has 54 heavy (non-hydrogen) atoms. The Kier molecular flexibility index (Phi) is 12.3. The van der Waals surface area contributed by atoms with Gasteiger partial charge in [-0.2, -0.15) is 0 Å². The SMILES string of the molecule is Cc1ccc([O][Zr]([O]c2ccc(C)cc2)([C]2=CC=CC2)[C]2=CC=CC2)cc1.Cc1ccccc1[O][Zr]([O]c1ccccc1C)([C]1=CC=CC1)[C]1=CC=CC1. The van der Waals surface area contributed by atoms with Crippen molar-refractivity contribution in [3.8, 4) is 23.0 Å². The van der Waals surface area contributed by atoms with Gasteiger partial charge in [0.25, 0.3) is 0 Å². The number of hydrogen-bond acceptors (Lipinski definition) is 4. The van der Waals surface area contributed by atoms with Gasteiger partial charge in [-0.15, -0.1) is 0 Å². The van der Waals surface area contributed by atoms with Crippen molar-refractivity contribution in [2.75, 3.05) is 0 Å². The van der Waals surface area contributed by atoms with Gasteiger partial charge in [-0.3, -0.25) is 0 Å². The second-order valence-corrected chi connectivity index (χ2v) is 28.5. The van der Waals surface area contributed by atoms with Crippen LogP contribution in [0.5, 0.6) is 23.0 Å². The zero-order chi connectivity index (χ0) is 37.4. The van der Waals surface area contributed by atoms with Gasteiger partial charge >= 0.3 is 335 Å². The molecule has 4 nitrogen and oxygen atoms in total. The average molecular weight is 871 g/mol. The van der Waals surface area contributed by atoms with Crippen LogP contribution in [-0.2, 0) is 42.3 Å². The van der Waals surface area contributed by atoms with Crippen molar-refractivity contribution >= 4 is 0 Å². The van der Waals surface area contributed by atoms with Crippen LogP contribution in [0.2, 0.25) is 0 Å². The van der Waals surface area contributed by atoms with E-state index in [0.29, 0.717) is 0 Å². The molecule has 4 aromatic rings. The van der Waals surface area contributed by atoms with Crippen LogP contribution in [0, 0.1) is 27.7 Å². The Labute approximate surface area is 332 Å². The topological polar surface area (TPSA) is 36.9 Å². The van der Waals surface area contributed by atoms with Crippen LogP contribution in [0.3, 0.4) is 0 Å². The van der Waals surface area contributed by atoms with Crippen molar-refractivity contribution in [1.29, 1.82) is 0 Å². The summed E-state index contributed by atoms with van der Waals surface area (Å²) in [5.41, 5.74) is 4.74. The fraction of sp³-hybridized carbons (Fsp3) is 0.167. The maximum absolute atomic E-state index is 6.93. The summed E-state index contributed by atoms with van der Waals surface area (Å²) < 4.78 is 32.8. The minimum atomic E-state index is -3.86. The summed E-state index contributed by atoms with van der Waals surface area (Å²) in [6, 6.07) is 33.1. The molecule has 0 saturated carbocycles. The molecule has 0 aromatic heterocycles. The number of rotatable bonds is 12. The fourth-order valence-electron chi connectivity index (χ4n) is 6.94. The molecule has 4 aliphatic carbocycles. The fourth-order valence-corrected chi connectivity index (χ4v) is 23.6. The third-order valence-corrected chi connectivity index (χ3v) is 27.1. The predicted octanol–water partition coefficient (Wildman–Crippen LogP) is 12.9. The number of aryl methyl sites for hydroxylation is 4. The van der Waals surface area contributed by atoms with Crippen LogP contribution in [0.25, 0.3) is 0 Å². The van der Waals surface area contributed by atoms with Gasteiger partial charge in [-0.25, -0.2) is 0 Å². The number of benzene rings is 4. The summed E-state index contributed by atoms with van der Waals surface area (Å²) in [5, 5.41) is 0. The van der Waals surface area contributed by atoms with E-state index in [-0.39, 0.29) is 0 Å². The summed E-state index contributed by atoms with van der Waals surface area (Å²) in [7, 11) is 0. The molecule has 0 heterocycles. The number of hydrogen-bond donors (Lipinski definition) is 0. The quantitative estimate of drug-likeness (QED) is 0.142. The van der Waals surface area contributed by atoms with E-state index in [1.807, 2.05) is 24.3 Å². The van der Waals surface area contributed by atoms with Gasteiger partial charge in [-0.05, 0) is 0 Å². The van der Waals surface area contributed by atoms with Crippen LogP contribution in [0.1, 0.15) is 47.9 Å². The van der Waals surface area contributed by atoms with Gasteiger partial charge in [-0.1, -0.05) is 0 Å². The average Bonchev–Trinajstić information content (AvgIpc) is 4.04. The van der Waals surface area contributed by atoms with Crippen LogP contribution in [0.4, 0.5) is 0 Å². The van der Waals surface area contributed by atoms with E-state index in [4.69, 9.17) is 11.3 Å². The standard InChI is InChI=1S/4C7H8O.4C5H5.2Zr/c2*1-6-2-4-7(8)5-3-6;2*1-6-4-2-3-5-7(6)8;4*1-2-4-5-3-1;;/h4*2-5,8H,1H3;4*1-3H,4H2;;/q;;;;;;;;2*+2/p-4. The molecule has 0 bridgehead atoms. The molecule has 0 radical (unpaired) electrons. The molecule has 0 N–H and O–H groups in total. The first-order valence-electron chi connectivity index (χ1n) is 18.8. The molecular weight excluding hydrogens is 823 g/mol. The zero-order valence-electron chi connectivity index (χ0n) is 31.6. The van der Waals surface area contributed by atoms with E-state index in [2.05, 4.69) is 173 Å². The van der Waals surface area contributed by atoms with Gasteiger partial charge in [0.1, 0.15) is 0 Å². The number of allylic oxidation sites excluding steroid dienone is 16. The second-order valence-electron chi connectivity index (χ2n) is 14.1. The minimum absolute atomic E-state index is 0.893. The summed E-state index contributed by atoms with van der Waals surface area (Å²) in [4.78, 5) is 0. The predicted molar refractivity (Wildman–Crippen MR) is 215 cm³/mol. The summed E-state index contributed by atoms with van der Waals surface area (Å²) in [6.07, 6.45) is 29.8. The molecule has 6 heteroatoms. The van der Waals surface area contributed by atoms with Gasteiger partial charge < -0.3 is 0 Å². The monoisotopic (exact) mass is 868 g/mol. The van der Waals surface area contributed by atoms with Crippen LogP contribution in [-0.4, -0.2) is 0 Å². The molecule has 0 saturated heterocycles. The Balaban J connectivity index is 0.000000167. The van der Waals surface area contributed by atoms with Gasteiger partial charge in [0.15, 0.2) is 0 Å². The molecule has 4 aliphatic rings. The molecule has 0 unspecified atom stereocenters. The summed E-state index contributed by atoms with van der Waals surface area (Å²) >= 11 is -7.68. The van der Waals surface area contributed by atoms with Crippen molar-refractivity contribution in [3.05, 3.63) is 205 Å². The van der Waals surface area contributed by atoms with Crippen LogP contribution >= 0.6 is 0 Å². The first-order chi connectivity index (χ1) is 26.3. The normalized spacial score (nSPS) is 15.6. The van der Waals surface area contributed by atoms with Crippen molar-refractivity contribution in [2.24, 2.45) is 0 Å². The Morgan fingerprint density at radius 2 is 0.685 bits per heavy atom. The van der Waals surface area contributed by atoms with Crippen molar-refractivity contribution in [3.63, 3.8) is 0 Å². The molecule has 0 spiro atoms. The molecular formula is C48H48O4Zr2. The Morgan fingerprint density at radius 1 is 0.370 bits per heavy atom. The van der Waals surface area contributed by atoms with Crippen molar-refractivity contribution in [1.82, 2.24) is 0 Å².